The number of H-pyrrole nitrogens is 1. The van der Waals surface area contributed by atoms with Crippen LogP contribution >= 0.6 is 45.3 Å². The maximum absolute atomic E-state index is 3.60. The van der Waals surface area contributed by atoms with Gasteiger partial charge in [-0.25, -0.2) is 0 Å². The van der Waals surface area contributed by atoms with E-state index in [1.165, 1.54) is 62.2 Å². The molecular weight excluding hydrogens is 479 g/mol. The standard InChI is InChI=1S/C28H17NS4/c1-3-25(30-13-1)27-11-9-23(32-27)17-5-7-21-19(15-17)20-16-18(6-8-22(20)29-21)24-10-12-28(33-24)26-4-2-14-31-26/h1-16,29H. The summed E-state index contributed by atoms with van der Waals surface area (Å²) < 4.78 is 0. The Morgan fingerprint density at radius 1 is 0.455 bits per heavy atom. The Bertz CT molecular complexity index is 1580. The SMILES string of the molecule is c1csc(-c2ccc(-c3ccc4[nH]c5ccc(-c6ccc(-c7cccs7)s6)cc5c4c3)s2)c1. The van der Waals surface area contributed by atoms with Gasteiger partial charge in [-0.05, 0) is 82.6 Å². The van der Waals surface area contributed by atoms with Crippen LogP contribution in [0.3, 0.4) is 0 Å². The molecule has 0 spiro atoms. The minimum atomic E-state index is 1.19. The third kappa shape index (κ3) is 3.40. The number of hydrogen-bond acceptors (Lipinski definition) is 4. The highest BCUT2D eigenvalue weighted by Crippen LogP contribution is 2.40. The molecule has 0 atom stereocenters. The Morgan fingerprint density at radius 3 is 1.39 bits per heavy atom. The monoisotopic (exact) mass is 495 g/mol. The van der Waals surface area contributed by atoms with Crippen LogP contribution in [0, 0.1) is 0 Å². The van der Waals surface area contributed by atoms with E-state index in [1.54, 1.807) is 22.7 Å². The lowest BCUT2D eigenvalue weighted by Gasteiger charge is -2.01. The van der Waals surface area contributed by atoms with E-state index in [0.29, 0.717) is 0 Å². The molecule has 5 heteroatoms. The van der Waals surface area contributed by atoms with Gasteiger partial charge in [-0.3, -0.25) is 0 Å². The fraction of sp³-hybridized carbons (Fsp3) is 0. The molecule has 0 fully saturated rings. The van der Waals surface area contributed by atoms with Crippen LogP contribution in [0.25, 0.3) is 62.2 Å². The van der Waals surface area contributed by atoms with E-state index in [1.807, 2.05) is 22.7 Å². The molecule has 0 bridgehead atoms. The summed E-state index contributed by atoms with van der Waals surface area (Å²) in [5, 5.41) is 6.85. The molecule has 0 aliphatic carbocycles. The number of fused-ring (bicyclic) bond motifs is 3. The normalized spacial score (nSPS) is 11.6. The van der Waals surface area contributed by atoms with Crippen LogP contribution in [0.5, 0.6) is 0 Å². The Morgan fingerprint density at radius 2 is 0.939 bits per heavy atom. The lowest BCUT2D eigenvalue weighted by atomic mass is 10.1. The minimum Gasteiger partial charge on any atom is -0.355 e. The summed E-state index contributed by atoms with van der Waals surface area (Å²) in [5.74, 6) is 0. The van der Waals surface area contributed by atoms with Gasteiger partial charge in [0.1, 0.15) is 0 Å². The molecule has 0 unspecified atom stereocenters. The summed E-state index contributed by atoms with van der Waals surface area (Å²) >= 11 is 7.32. The Balaban J connectivity index is 1.31. The smallest absolute Gasteiger partial charge is 0.0465 e. The van der Waals surface area contributed by atoms with Crippen LogP contribution in [0.2, 0.25) is 0 Å². The summed E-state index contributed by atoms with van der Waals surface area (Å²) in [6.07, 6.45) is 0. The maximum Gasteiger partial charge on any atom is 0.0465 e. The number of thiophene rings is 4. The molecule has 0 amide bonds. The van der Waals surface area contributed by atoms with Crippen molar-refractivity contribution in [2.24, 2.45) is 0 Å². The third-order valence-electron chi connectivity index (χ3n) is 5.91. The molecule has 33 heavy (non-hydrogen) atoms. The van der Waals surface area contributed by atoms with Gasteiger partial charge >= 0.3 is 0 Å². The zero-order chi connectivity index (χ0) is 21.8. The molecule has 7 rings (SSSR count). The van der Waals surface area contributed by atoms with E-state index in [0.717, 1.165) is 0 Å². The predicted molar refractivity (Wildman–Crippen MR) is 149 cm³/mol. The van der Waals surface area contributed by atoms with Crippen LogP contribution in [0.1, 0.15) is 0 Å². The van der Waals surface area contributed by atoms with Crippen molar-refractivity contribution in [3.05, 3.63) is 95.7 Å². The highest BCUT2D eigenvalue weighted by Gasteiger charge is 2.12. The fourth-order valence-electron chi connectivity index (χ4n) is 4.29. The van der Waals surface area contributed by atoms with Gasteiger partial charge in [-0.2, -0.15) is 0 Å². The first-order valence-corrected chi connectivity index (χ1v) is 14.0. The first kappa shape index (κ1) is 19.5. The van der Waals surface area contributed by atoms with Gasteiger partial charge in [0.05, 0.1) is 0 Å². The van der Waals surface area contributed by atoms with Gasteiger partial charge < -0.3 is 4.98 Å². The van der Waals surface area contributed by atoms with Crippen LogP contribution in [-0.4, -0.2) is 4.98 Å². The Labute approximate surface area is 207 Å². The Kier molecular flexibility index (Phi) is 4.62. The summed E-state index contributed by atoms with van der Waals surface area (Å²) in [7, 11) is 0. The van der Waals surface area contributed by atoms with E-state index in [2.05, 4.69) is 101 Å². The molecule has 0 radical (unpaired) electrons. The highest BCUT2D eigenvalue weighted by atomic mass is 32.1. The molecule has 0 aliphatic rings. The lowest BCUT2D eigenvalue weighted by Crippen LogP contribution is -1.74. The van der Waals surface area contributed by atoms with Crippen molar-refractivity contribution in [3.63, 3.8) is 0 Å². The fourth-order valence-corrected chi connectivity index (χ4v) is 7.97. The Hall–Kier alpha value is -2.96. The quantitative estimate of drug-likeness (QED) is 0.250. The van der Waals surface area contributed by atoms with Gasteiger partial charge in [0.15, 0.2) is 0 Å². The average molecular weight is 496 g/mol. The van der Waals surface area contributed by atoms with Crippen molar-refractivity contribution in [1.29, 1.82) is 0 Å². The first-order chi connectivity index (χ1) is 16.3. The number of hydrogen-bond donors (Lipinski definition) is 1. The molecule has 1 nitrogen and oxygen atoms in total. The van der Waals surface area contributed by atoms with Gasteiger partial charge in [0, 0.05) is 51.1 Å². The largest absolute Gasteiger partial charge is 0.355 e. The van der Waals surface area contributed by atoms with Crippen molar-refractivity contribution >= 4 is 67.2 Å². The number of aromatic nitrogens is 1. The minimum absolute atomic E-state index is 1.19. The van der Waals surface area contributed by atoms with Crippen molar-refractivity contribution in [2.75, 3.05) is 0 Å². The molecule has 158 valence electrons. The summed E-state index contributed by atoms with van der Waals surface area (Å²) in [5.41, 5.74) is 4.92. The summed E-state index contributed by atoms with van der Waals surface area (Å²) in [4.78, 5) is 11.6. The van der Waals surface area contributed by atoms with E-state index in [9.17, 15) is 0 Å². The van der Waals surface area contributed by atoms with Gasteiger partial charge in [-0.15, -0.1) is 45.3 Å². The average Bonchev–Trinajstić information content (AvgIpc) is 3.68. The van der Waals surface area contributed by atoms with E-state index in [-0.39, 0.29) is 0 Å². The van der Waals surface area contributed by atoms with Crippen LogP contribution in [0.4, 0.5) is 0 Å². The van der Waals surface area contributed by atoms with Gasteiger partial charge in [0.25, 0.3) is 0 Å². The second-order valence-corrected chi connectivity index (χ2v) is 12.0. The summed E-state index contributed by atoms with van der Waals surface area (Å²) in [6.45, 7) is 0. The number of aromatic amines is 1. The molecule has 0 saturated carbocycles. The lowest BCUT2D eigenvalue weighted by molar-refractivity contribution is 1.55. The molecular formula is C28H17NS4. The number of nitrogens with one attached hydrogen (secondary N) is 1. The van der Waals surface area contributed by atoms with Crippen LogP contribution < -0.4 is 0 Å². The van der Waals surface area contributed by atoms with Gasteiger partial charge in [-0.1, -0.05) is 24.3 Å². The number of rotatable bonds is 4. The van der Waals surface area contributed by atoms with Crippen molar-refractivity contribution < 1.29 is 0 Å². The molecule has 0 aliphatic heterocycles. The second kappa shape index (κ2) is 7.82. The molecule has 5 heterocycles. The number of benzene rings is 2. The first-order valence-electron chi connectivity index (χ1n) is 10.7. The van der Waals surface area contributed by atoms with E-state index in [4.69, 9.17) is 0 Å². The van der Waals surface area contributed by atoms with Crippen molar-refractivity contribution in [1.82, 2.24) is 4.98 Å². The second-order valence-electron chi connectivity index (χ2n) is 7.93. The van der Waals surface area contributed by atoms with Gasteiger partial charge in [0.2, 0.25) is 0 Å². The predicted octanol–water partition coefficient (Wildman–Crippen LogP) is 10.2. The zero-order valence-corrected chi connectivity index (χ0v) is 20.6. The van der Waals surface area contributed by atoms with Crippen LogP contribution in [0.15, 0.2) is 95.7 Å². The van der Waals surface area contributed by atoms with Crippen LogP contribution in [-0.2, 0) is 0 Å². The molecule has 0 saturated heterocycles. The molecule has 7 aromatic rings. The van der Waals surface area contributed by atoms with Crippen molar-refractivity contribution in [2.45, 2.75) is 0 Å². The van der Waals surface area contributed by atoms with E-state index >= 15 is 0 Å². The molecule has 2 aromatic carbocycles. The van der Waals surface area contributed by atoms with Crippen molar-refractivity contribution in [3.8, 4) is 40.4 Å². The molecule has 5 aromatic heterocycles. The topological polar surface area (TPSA) is 15.8 Å². The molecule has 1 N–H and O–H groups in total. The van der Waals surface area contributed by atoms with E-state index < -0.39 is 0 Å². The zero-order valence-electron chi connectivity index (χ0n) is 17.4. The third-order valence-corrected chi connectivity index (χ3v) is 10.3. The highest BCUT2D eigenvalue weighted by molar-refractivity contribution is 7.23. The summed E-state index contributed by atoms with van der Waals surface area (Å²) in [6, 6.07) is 31.2. The maximum atomic E-state index is 3.60.